The number of amides is 1. The van der Waals surface area contributed by atoms with Gasteiger partial charge in [-0.2, -0.15) is 13.1 Å². The standard InChI is InChI=1S/C50H59N3O15S/c1-33(2)64-43-40(66-47(45(43)65-34(3)4)53-26-25-41(54)51-49(53)55)32-63-69(57,58)52-50(56)68-48-46(62-30-38-23-15-8-16-24-38)44(61-29-37-21-13-7-14-22-37)42(60-28-36-19-11-6-12-20-36)39(67-48)31-59-27-35-17-9-5-10-18-35/h5-26,33-34,39-40,42-48H,27-32H2,1-4H3,(H,52,56)(H,51,54,55)/t39-,40-,42+,43-,44+,45-,46-,47-,48-/m1/s1. The van der Waals surface area contributed by atoms with Crippen molar-refractivity contribution in [3.63, 3.8) is 0 Å². The molecule has 3 heterocycles. The molecule has 5 aromatic rings. The molecular weight excluding hydrogens is 915 g/mol. The van der Waals surface area contributed by atoms with E-state index in [1.54, 1.807) is 27.7 Å². The predicted octanol–water partition coefficient (Wildman–Crippen LogP) is 5.71. The van der Waals surface area contributed by atoms with Gasteiger partial charge in [-0.3, -0.25) is 18.5 Å². The third kappa shape index (κ3) is 15.0. The Labute approximate surface area is 400 Å². The highest BCUT2D eigenvalue weighted by Crippen LogP contribution is 2.35. The molecule has 2 N–H and O–H groups in total. The van der Waals surface area contributed by atoms with E-state index in [4.69, 9.17) is 46.8 Å². The summed E-state index contributed by atoms with van der Waals surface area (Å²) < 4.78 is 92.4. The van der Waals surface area contributed by atoms with Crippen LogP contribution in [0.2, 0.25) is 0 Å². The van der Waals surface area contributed by atoms with Gasteiger partial charge in [0, 0.05) is 12.3 Å². The Morgan fingerprint density at radius 2 is 1.09 bits per heavy atom. The zero-order valence-corrected chi connectivity index (χ0v) is 39.6. The fourth-order valence-corrected chi connectivity index (χ4v) is 8.52. The maximum Gasteiger partial charge on any atom is 0.425 e. The van der Waals surface area contributed by atoms with Crippen LogP contribution in [0, 0.1) is 0 Å². The summed E-state index contributed by atoms with van der Waals surface area (Å²) >= 11 is 0. The largest absolute Gasteiger partial charge is 0.425 e. The van der Waals surface area contributed by atoms with E-state index in [0.29, 0.717) is 0 Å². The number of H-pyrrole nitrogens is 1. The number of rotatable bonds is 23. The number of aromatic nitrogens is 2. The highest BCUT2D eigenvalue weighted by Gasteiger charge is 2.51. The number of carbonyl (C=O) groups is 1. The molecule has 0 radical (unpaired) electrons. The van der Waals surface area contributed by atoms with Crippen LogP contribution < -0.4 is 16.0 Å². The minimum atomic E-state index is -4.94. The highest BCUT2D eigenvalue weighted by molar-refractivity contribution is 7.85. The molecule has 2 saturated heterocycles. The maximum absolute atomic E-state index is 13.8. The Balaban J connectivity index is 1.13. The molecule has 0 aliphatic carbocycles. The van der Waals surface area contributed by atoms with Gasteiger partial charge in [-0.25, -0.2) is 9.59 Å². The monoisotopic (exact) mass is 973 g/mol. The Hall–Kier alpha value is -5.58. The first-order valence-corrected chi connectivity index (χ1v) is 24.1. The number of hydrogen-bond acceptors (Lipinski definition) is 15. The zero-order valence-electron chi connectivity index (χ0n) is 38.8. The van der Waals surface area contributed by atoms with Crippen LogP contribution >= 0.6 is 0 Å². The van der Waals surface area contributed by atoms with Gasteiger partial charge in [-0.1, -0.05) is 121 Å². The molecule has 370 valence electrons. The Bertz CT molecular complexity index is 2570. The molecule has 7 rings (SSSR count). The second-order valence-electron chi connectivity index (χ2n) is 17.0. The first-order chi connectivity index (χ1) is 33.3. The lowest BCUT2D eigenvalue weighted by Gasteiger charge is -2.45. The van der Waals surface area contributed by atoms with Crippen molar-refractivity contribution in [3.8, 4) is 0 Å². The Morgan fingerprint density at radius 1 is 0.609 bits per heavy atom. The van der Waals surface area contributed by atoms with Gasteiger partial charge in [0.05, 0.1) is 51.8 Å². The number of ether oxygens (including phenoxy) is 9. The van der Waals surface area contributed by atoms with E-state index in [9.17, 15) is 22.8 Å². The van der Waals surface area contributed by atoms with Crippen LogP contribution in [0.3, 0.4) is 0 Å². The van der Waals surface area contributed by atoms with Crippen LogP contribution in [0.1, 0.15) is 56.2 Å². The molecule has 2 aliphatic heterocycles. The quantitative estimate of drug-likeness (QED) is 0.0804. The number of nitrogens with zero attached hydrogens (tertiary/aromatic N) is 1. The van der Waals surface area contributed by atoms with Crippen molar-refractivity contribution in [2.45, 2.75) is 122 Å². The summed E-state index contributed by atoms with van der Waals surface area (Å²) in [4.78, 5) is 40.8. The molecule has 2 fully saturated rings. The van der Waals surface area contributed by atoms with E-state index in [1.165, 1.54) is 6.20 Å². The van der Waals surface area contributed by atoms with Crippen molar-refractivity contribution in [1.82, 2.24) is 14.3 Å². The molecule has 19 heteroatoms. The lowest BCUT2D eigenvalue weighted by atomic mass is 9.97. The summed E-state index contributed by atoms with van der Waals surface area (Å²) in [6.07, 6.45) is -10.8. The Kier molecular flexibility index (Phi) is 18.4. The third-order valence-electron chi connectivity index (χ3n) is 10.9. The summed E-state index contributed by atoms with van der Waals surface area (Å²) in [5.41, 5.74) is 2.00. The lowest BCUT2D eigenvalue weighted by molar-refractivity contribution is -0.315. The molecule has 1 amide bonds. The van der Waals surface area contributed by atoms with Crippen LogP contribution in [0.25, 0.3) is 0 Å². The first-order valence-electron chi connectivity index (χ1n) is 22.7. The van der Waals surface area contributed by atoms with Crippen molar-refractivity contribution in [2.75, 3.05) is 13.2 Å². The summed E-state index contributed by atoms with van der Waals surface area (Å²) in [7, 11) is -4.94. The average molecular weight is 974 g/mol. The SMILES string of the molecule is CC(C)O[C@@H]1[C@H](OC(C)C)[C@@H](COS(=O)(=O)NC(=O)O[C@H]2O[C@H](COCc3ccccc3)[C@H](OCc3ccccc3)[C@H](OCc3ccccc3)[C@H]2OCc2ccccc2)O[C@H]1n1ccc(=O)[nH]c1=O. The van der Waals surface area contributed by atoms with Crippen LogP contribution in [0.15, 0.2) is 143 Å². The second-order valence-corrected chi connectivity index (χ2v) is 18.3. The number of aromatic amines is 1. The topological polar surface area (TPSA) is 210 Å². The molecule has 4 aromatic carbocycles. The maximum atomic E-state index is 13.8. The van der Waals surface area contributed by atoms with Crippen molar-refractivity contribution >= 4 is 16.4 Å². The van der Waals surface area contributed by atoms with Crippen molar-refractivity contribution in [2.24, 2.45) is 0 Å². The summed E-state index contributed by atoms with van der Waals surface area (Å²) in [5, 5.41) is 0. The number of benzene rings is 4. The fourth-order valence-electron chi connectivity index (χ4n) is 7.89. The molecule has 0 saturated carbocycles. The average Bonchev–Trinajstić information content (AvgIpc) is 3.64. The molecule has 18 nitrogen and oxygen atoms in total. The highest BCUT2D eigenvalue weighted by atomic mass is 32.2. The van der Waals surface area contributed by atoms with Crippen LogP contribution in [0.5, 0.6) is 0 Å². The summed E-state index contributed by atoms with van der Waals surface area (Å²) in [6.45, 7) is 6.82. The molecule has 69 heavy (non-hydrogen) atoms. The minimum Gasteiger partial charge on any atom is -0.416 e. The number of hydrogen-bond donors (Lipinski definition) is 2. The predicted molar refractivity (Wildman–Crippen MR) is 250 cm³/mol. The lowest BCUT2D eigenvalue weighted by Crippen LogP contribution is -2.62. The van der Waals surface area contributed by atoms with E-state index in [-0.39, 0.29) is 39.1 Å². The number of carbonyl (C=O) groups excluding carboxylic acids is 1. The van der Waals surface area contributed by atoms with Gasteiger partial charge in [0.25, 0.3) is 5.56 Å². The van der Waals surface area contributed by atoms with E-state index in [0.717, 1.165) is 32.9 Å². The molecule has 2 aliphatic rings. The van der Waals surface area contributed by atoms with E-state index < -0.39 is 95.6 Å². The van der Waals surface area contributed by atoms with Crippen LogP contribution in [0.4, 0.5) is 4.79 Å². The van der Waals surface area contributed by atoms with E-state index >= 15 is 0 Å². The van der Waals surface area contributed by atoms with E-state index in [1.807, 2.05) is 126 Å². The van der Waals surface area contributed by atoms with Gasteiger partial charge in [0.15, 0.2) is 6.23 Å². The van der Waals surface area contributed by atoms with E-state index in [2.05, 4.69) is 4.98 Å². The molecule has 0 unspecified atom stereocenters. The molecular formula is C50H59N3O15S. The van der Waals surface area contributed by atoms with Gasteiger partial charge < -0.3 is 42.6 Å². The summed E-state index contributed by atoms with van der Waals surface area (Å²) in [6, 6.07) is 39.0. The van der Waals surface area contributed by atoms with Gasteiger partial charge in [0.1, 0.15) is 42.7 Å². The molecule has 0 spiro atoms. The first kappa shape index (κ1) is 51.3. The minimum absolute atomic E-state index is 0.0260. The number of nitrogens with one attached hydrogen (secondary N) is 2. The smallest absolute Gasteiger partial charge is 0.416 e. The van der Waals surface area contributed by atoms with Crippen LogP contribution in [-0.4, -0.2) is 98.5 Å². The normalized spacial score (nSPS) is 23.8. The second kappa shape index (κ2) is 24.8. The summed E-state index contributed by atoms with van der Waals surface area (Å²) in [5.74, 6) is 0. The Morgan fingerprint density at radius 3 is 1.61 bits per heavy atom. The van der Waals surface area contributed by atoms with Gasteiger partial charge in [-0.15, -0.1) is 0 Å². The molecule has 0 bridgehead atoms. The van der Waals surface area contributed by atoms with Gasteiger partial charge >= 0.3 is 22.1 Å². The van der Waals surface area contributed by atoms with Crippen molar-refractivity contribution in [1.29, 1.82) is 0 Å². The van der Waals surface area contributed by atoms with Crippen molar-refractivity contribution < 1.29 is 60.0 Å². The van der Waals surface area contributed by atoms with Gasteiger partial charge in [-0.05, 0) is 49.9 Å². The van der Waals surface area contributed by atoms with Crippen LogP contribution in [-0.2, 0) is 83.5 Å². The third-order valence-corrected chi connectivity index (χ3v) is 11.8. The molecule has 9 atom stereocenters. The van der Waals surface area contributed by atoms with Gasteiger partial charge in [0.2, 0.25) is 6.29 Å². The zero-order chi connectivity index (χ0) is 48.8. The molecule has 1 aromatic heterocycles. The fraction of sp³-hybridized carbons (Fsp3) is 0.420. The van der Waals surface area contributed by atoms with Crippen molar-refractivity contribution in [3.05, 3.63) is 177 Å².